The van der Waals surface area contributed by atoms with Gasteiger partial charge in [-0.15, -0.1) is 0 Å². The minimum Gasteiger partial charge on any atom is -0.377 e. The number of nitriles is 1. The van der Waals surface area contributed by atoms with Gasteiger partial charge in [0.2, 0.25) is 0 Å². The third kappa shape index (κ3) is 1.31. The van der Waals surface area contributed by atoms with Gasteiger partial charge in [0.25, 0.3) is 0 Å². The van der Waals surface area contributed by atoms with Crippen LogP contribution in [0.4, 0.5) is 0 Å². The quantitative estimate of drug-likeness (QED) is 0.685. The van der Waals surface area contributed by atoms with Gasteiger partial charge in [-0.25, -0.2) is 0 Å². The summed E-state index contributed by atoms with van der Waals surface area (Å²) in [4.78, 5) is 0. The van der Waals surface area contributed by atoms with Crippen molar-refractivity contribution in [3.63, 3.8) is 0 Å². The van der Waals surface area contributed by atoms with Crippen molar-refractivity contribution in [1.82, 2.24) is 0 Å². The molecule has 0 amide bonds. The molecule has 1 fully saturated rings. The van der Waals surface area contributed by atoms with E-state index in [-0.39, 0.29) is 0 Å². The van der Waals surface area contributed by atoms with Crippen molar-refractivity contribution in [3.05, 3.63) is 34.9 Å². The highest BCUT2D eigenvalue weighted by Crippen LogP contribution is 2.32. The molecule has 0 saturated carbocycles. The number of rotatable bonds is 1. The Bertz CT molecular complexity index is 365. The van der Waals surface area contributed by atoms with Crippen LogP contribution in [0.3, 0.4) is 0 Å². The van der Waals surface area contributed by atoms with Crippen LogP contribution in [0.25, 0.3) is 0 Å². The van der Waals surface area contributed by atoms with Crippen molar-refractivity contribution >= 4 is 11.6 Å². The number of ether oxygens (including phenoxy) is 1. The lowest BCUT2D eigenvalue weighted by Crippen LogP contribution is -2.45. The molecule has 66 valence electrons. The highest BCUT2D eigenvalue weighted by atomic mass is 35.5. The summed E-state index contributed by atoms with van der Waals surface area (Å²) in [5.41, 5.74) is 0.499. The fraction of sp³-hybridized carbons (Fsp3) is 0.300. The Labute approximate surface area is 81.7 Å². The molecule has 3 heteroatoms. The van der Waals surface area contributed by atoms with E-state index in [1.54, 1.807) is 6.07 Å². The lowest BCUT2D eigenvalue weighted by atomic mass is 9.80. The van der Waals surface area contributed by atoms with Gasteiger partial charge in [0.1, 0.15) is 5.41 Å². The van der Waals surface area contributed by atoms with E-state index in [9.17, 15) is 0 Å². The van der Waals surface area contributed by atoms with Gasteiger partial charge in [0.15, 0.2) is 0 Å². The number of halogens is 1. The SMILES string of the molecule is N#CC1(c2cccc(Cl)c2)COC1. The fourth-order valence-corrected chi connectivity index (χ4v) is 1.58. The summed E-state index contributed by atoms with van der Waals surface area (Å²) < 4.78 is 5.06. The van der Waals surface area contributed by atoms with Crippen LogP contribution in [0.5, 0.6) is 0 Å². The van der Waals surface area contributed by atoms with Crippen LogP contribution in [0.2, 0.25) is 5.02 Å². The maximum atomic E-state index is 9.01. The summed E-state index contributed by atoms with van der Waals surface area (Å²) in [5.74, 6) is 0. The normalized spacial score (nSPS) is 18.8. The van der Waals surface area contributed by atoms with Gasteiger partial charge in [-0.2, -0.15) is 5.26 Å². The molecule has 0 aromatic heterocycles. The smallest absolute Gasteiger partial charge is 0.129 e. The van der Waals surface area contributed by atoms with Crippen molar-refractivity contribution in [2.24, 2.45) is 0 Å². The zero-order chi connectivity index (χ0) is 9.31. The van der Waals surface area contributed by atoms with Crippen molar-refractivity contribution in [3.8, 4) is 6.07 Å². The molecule has 1 heterocycles. The topological polar surface area (TPSA) is 33.0 Å². The largest absolute Gasteiger partial charge is 0.377 e. The summed E-state index contributed by atoms with van der Waals surface area (Å²) >= 11 is 5.84. The van der Waals surface area contributed by atoms with Gasteiger partial charge >= 0.3 is 0 Å². The summed E-state index contributed by atoms with van der Waals surface area (Å²) in [5, 5.41) is 9.67. The molecule has 0 N–H and O–H groups in total. The first-order valence-electron chi connectivity index (χ1n) is 4.02. The predicted octanol–water partition coefficient (Wildman–Crippen LogP) is 2.13. The zero-order valence-electron chi connectivity index (χ0n) is 6.96. The standard InChI is InChI=1S/C10H8ClNO/c11-9-3-1-2-8(4-9)10(5-12)6-13-7-10/h1-4H,6-7H2. The van der Waals surface area contributed by atoms with Crippen LogP contribution in [0.15, 0.2) is 24.3 Å². The fourth-order valence-electron chi connectivity index (χ4n) is 1.39. The molecule has 13 heavy (non-hydrogen) atoms. The zero-order valence-corrected chi connectivity index (χ0v) is 7.71. The van der Waals surface area contributed by atoms with E-state index in [2.05, 4.69) is 6.07 Å². The maximum Gasteiger partial charge on any atom is 0.129 e. The first-order chi connectivity index (χ1) is 6.27. The Morgan fingerprint density at radius 1 is 1.46 bits per heavy atom. The number of nitrogens with zero attached hydrogens (tertiary/aromatic N) is 1. The highest BCUT2D eigenvalue weighted by Gasteiger charge is 2.40. The molecule has 0 unspecified atom stereocenters. The second kappa shape index (κ2) is 3.02. The van der Waals surface area contributed by atoms with Crippen LogP contribution in [-0.4, -0.2) is 13.2 Å². The van der Waals surface area contributed by atoms with Gasteiger partial charge in [0, 0.05) is 5.02 Å². The van der Waals surface area contributed by atoms with Crippen LogP contribution >= 0.6 is 11.6 Å². The summed E-state index contributed by atoms with van der Waals surface area (Å²) in [6.07, 6.45) is 0. The van der Waals surface area contributed by atoms with Gasteiger partial charge in [-0.05, 0) is 17.7 Å². The average molecular weight is 194 g/mol. The molecule has 1 aromatic carbocycles. The van der Waals surface area contributed by atoms with Gasteiger partial charge in [-0.1, -0.05) is 23.7 Å². The summed E-state index contributed by atoms with van der Waals surface area (Å²) in [6.45, 7) is 0.952. The molecule has 0 atom stereocenters. The number of hydrogen-bond donors (Lipinski definition) is 0. The molecule has 1 aromatic rings. The van der Waals surface area contributed by atoms with Crippen molar-refractivity contribution in [2.75, 3.05) is 13.2 Å². The molecular formula is C10H8ClNO. The Morgan fingerprint density at radius 3 is 2.69 bits per heavy atom. The second-order valence-electron chi connectivity index (χ2n) is 3.20. The van der Waals surface area contributed by atoms with Crippen LogP contribution in [-0.2, 0) is 10.2 Å². The molecule has 1 aliphatic rings. The van der Waals surface area contributed by atoms with Gasteiger partial charge < -0.3 is 4.74 Å². The van der Waals surface area contributed by atoms with E-state index in [1.807, 2.05) is 18.2 Å². The molecule has 0 radical (unpaired) electrons. The first-order valence-corrected chi connectivity index (χ1v) is 4.40. The van der Waals surface area contributed by atoms with E-state index < -0.39 is 5.41 Å². The van der Waals surface area contributed by atoms with Crippen molar-refractivity contribution < 1.29 is 4.74 Å². The molecule has 1 saturated heterocycles. The predicted molar refractivity (Wildman–Crippen MR) is 49.6 cm³/mol. The molecule has 0 aliphatic carbocycles. The van der Waals surface area contributed by atoms with Gasteiger partial charge in [0.05, 0.1) is 19.3 Å². The molecule has 2 rings (SSSR count). The minimum atomic E-state index is -0.453. The van der Waals surface area contributed by atoms with E-state index in [4.69, 9.17) is 21.6 Å². The van der Waals surface area contributed by atoms with E-state index in [0.29, 0.717) is 18.2 Å². The maximum absolute atomic E-state index is 9.01. The summed E-state index contributed by atoms with van der Waals surface area (Å²) in [6, 6.07) is 9.67. The van der Waals surface area contributed by atoms with Crippen molar-refractivity contribution in [2.45, 2.75) is 5.41 Å². The molecule has 2 nitrogen and oxygen atoms in total. The third-order valence-electron chi connectivity index (χ3n) is 2.29. The number of hydrogen-bond acceptors (Lipinski definition) is 2. The molecular weight excluding hydrogens is 186 g/mol. The van der Waals surface area contributed by atoms with Crippen LogP contribution in [0, 0.1) is 11.3 Å². The van der Waals surface area contributed by atoms with Crippen LogP contribution in [0.1, 0.15) is 5.56 Å². The van der Waals surface area contributed by atoms with E-state index >= 15 is 0 Å². The second-order valence-corrected chi connectivity index (χ2v) is 3.63. The molecule has 0 bridgehead atoms. The molecule has 0 spiro atoms. The van der Waals surface area contributed by atoms with Crippen LogP contribution < -0.4 is 0 Å². The van der Waals surface area contributed by atoms with Crippen molar-refractivity contribution in [1.29, 1.82) is 5.26 Å². The summed E-state index contributed by atoms with van der Waals surface area (Å²) in [7, 11) is 0. The average Bonchev–Trinajstić information content (AvgIpc) is 2.03. The first kappa shape index (κ1) is 8.55. The van der Waals surface area contributed by atoms with Gasteiger partial charge in [-0.3, -0.25) is 0 Å². The van der Waals surface area contributed by atoms with E-state index in [1.165, 1.54) is 0 Å². The Hall–Kier alpha value is -1.04. The Morgan fingerprint density at radius 2 is 2.23 bits per heavy atom. The Kier molecular flexibility index (Phi) is 1.99. The lowest BCUT2D eigenvalue weighted by molar-refractivity contribution is -0.0298. The Balaban J connectivity index is 2.40. The van der Waals surface area contributed by atoms with E-state index in [0.717, 1.165) is 5.56 Å². The third-order valence-corrected chi connectivity index (χ3v) is 2.52. The number of benzene rings is 1. The molecule has 1 aliphatic heterocycles. The minimum absolute atomic E-state index is 0.453. The highest BCUT2D eigenvalue weighted by molar-refractivity contribution is 6.30. The monoisotopic (exact) mass is 193 g/mol. The lowest BCUT2D eigenvalue weighted by Gasteiger charge is -2.35.